The fourth-order valence-electron chi connectivity index (χ4n) is 1.63. The number of aromatic nitrogens is 2. The van der Waals surface area contributed by atoms with Gasteiger partial charge in [-0.15, -0.1) is 0 Å². The fourth-order valence-corrected chi connectivity index (χ4v) is 2.66. The number of halogens is 2. The van der Waals surface area contributed by atoms with Crippen molar-refractivity contribution in [2.24, 2.45) is 0 Å². The molecule has 0 spiro atoms. The first kappa shape index (κ1) is 12.1. The van der Waals surface area contributed by atoms with Gasteiger partial charge in [0.15, 0.2) is 0 Å². The third-order valence-corrected chi connectivity index (χ3v) is 3.81. The van der Waals surface area contributed by atoms with Crippen molar-refractivity contribution >= 4 is 38.5 Å². The summed E-state index contributed by atoms with van der Waals surface area (Å²) in [6.07, 6.45) is 3.95. The highest BCUT2D eigenvalue weighted by atomic mass is 127. The van der Waals surface area contributed by atoms with Crippen LogP contribution in [0.25, 0.3) is 0 Å². The molecule has 1 unspecified atom stereocenters. The largest absolute Gasteiger partial charge is 0.271 e. The lowest BCUT2D eigenvalue weighted by atomic mass is 10.0. The summed E-state index contributed by atoms with van der Waals surface area (Å²) >= 11 is 5.85. The van der Waals surface area contributed by atoms with Gasteiger partial charge in [-0.05, 0) is 28.2 Å². The monoisotopic (exact) mass is 390 g/mol. The molecule has 0 saturated heterocycles. The van der Waals surface area contributed by atoms with Gasteiger partial charge >= 0.3 is 0 Å². The predicted molar refractivity (Wildman–Crippen MR) is 77.9 cm³/mol. The average molecular weight is 391 g/mol. The summed E-state index contributed by atoms with van der Waals surface area (Å²) in [5.74, 6) is 0.469. The zero-order chi connectivity index (χ0) is 11.4. The molecular weight excluding hydrogens is 379 g/mol. The topological polar surface area (TPSA) is 17.8 Å². The molecular formula is C12H12BrIN2. The van der Waals surface area contributed by atoms with Crippen molar-refractivity contribution in [3.05, 3.63) is 51.9 Å². The molecule has 2 nitrogen and oxygen atoms in total. The predicted octanol–water partition coefficient (Wildman–Crippen LogP) is 3.67. The molecule has 1 aromatic carbocycles. The van der Waals surface area contributed by atoms with Crippen molar-refractivity contribution in [3.8, 4) is 0 Å². The van der Waals surface area contributed by atoms with E-state index >= 15 is 0 Å². The van der Waals surface area contributed by atoms with Crippen LogP contribution in [0.15, 0.2) is 42.7 Å². The average Bonchev–Trinajstić information content (AvgIpc) is 2.73. The summed E-state index contributed by atoms with van der Waals surface area (Å²) in [6.45, 7) is 0.915. The number of hydrogen-bond acceptors (Lipinski definition) is 1. The molecule has 84 valence electrons. The Bertz CT molecular complexity index is 441. The molecule has 4 heteroatoms. The van der Waals surface area contributed by atoms with E-state index in [4.69, 9.17) is 0 Å². The van der Waals surface area contributed by atoms with Gasteiger partial charge in [-0.2, -0.15) is 5.10 Å². The molecule has 1 heterocycles. The van der Waals surface area contributed by atoms with Gasteiger partial charge in [0.25, 0.3) is 0 Å². The minimum absolute atomic E-state index is 0.469. The maximum absolute atomic E-state index is 4.32. The zero-order valence-electron chi connectivity index (χ0n) is 8.68. The van der Waals surface area contributed by atoms with Gasteiger partial charge < -0.3 is 0 Å². The Morgan fingerprint density at radius 3 is 2.62 bits per heavy atom. The summed E-state index contributed by atoms with van der Waals surface area (Å²) in [4.78, 5) is 0. The third-order valence-electron chi connectivity index (χ3n) is 2.47. The molecule has 1 aromatic heterocycles. The number of alkyl halides is 1. The highest BCUT2D eigenvalue weighted by Crippen LogP contribution is 2.20. The zero-order valence-corrected chi connectivity index (χ0v) is 12.4. The van der Waals surface area contributed by atoms with E-state index in [-0.39, 0.29) is 0 Å². The van der Waals surface area contributed by atoms with E-state index in [0.29, 0.717) is 5.92 Å². The van der Waals surface area contributed by atoms with E-state index < -0.39 is 0 Å². The summed E-state index contributed by atoms with van der Waals surface area (Å²) < 4.78 is 3.18. The van der Waals surface area contributed by atoms with Crippen molar-refractivity contribution in [3.63, 3.8) is 0 Å². The first-order chi connectivity index (χ1) is 7.79. The van der Waals surface area contributed by atoms with Crippen LogP contribution in [0.2, 0.25) is 0 Å². The molecule has 0 radical (unpaired) electrons. The second-order valence-electron chi connectivity index (χ2n) is 3.64. The summed E-state index contributed by atoms with van der Waals surface area (Å²) in [7, 11) is 0. The normalized spacial score (nSPS) is 12.6. The number of benzene rings is 1. The Labute approximate surface area is 117 Å². The Balaban J connectivity index is 2.12. The molecule has 0 amide bonds. The second kappa shape index (κ2) is 5.82. The smallest absolute Gasteiger partial charge is 0.0623 e. The van der Waals surface area contributed by atoms with Crippen LogP contribution in [0.1, 0.15) is 11.5 Å². The standard InChI is InChI=1S/C12H12BrIN2/c13-6-11(10-4-2-1-3-5-10)8-16-9-12(14)7-15-16/h1-5,7,9,11H,6,8H2. The molecule has 0 aliphatic heterocycles. The lowest BCUT2D eigenvalue weighted by Gasteiger charge is -2.14. The van der Waals surface area contributed by atoms with Gasteiger partial charge in [0, 0.05) is 24.0 Å². The molecule has 2 aromatic rings. The Hall–Kier alpha value is -0.360. The molecule has 16 heavy (non-hydrogen) atoms. The van der Waals surface area contributed by atoms with Crippen LogP contribution in [0, 0.1) is 3.57 Å². The quantitative estimate of drug-likeness (QED) is 0.575. The third kappa shape index (κ3) is 3.07. The van der Waals surface area contributed by atoms with Crippen LogP contribution >= 0.6 is 38.5 Å². The van der Waals surface area contributed by atoms with Crippen LogP contribution in [-0.2, 0) is 6.54 Å². The number of hydrogen-bond donors (Lipinski definition) is 0. The lowest BCUT2D eigenvalue weighted by molar-refractivity contribution is 0.549. The molecule has 0 fully saturated rings. The molecule has 2 rings (SSSR count). The highest BCUT2D eigenvalue weighted by Gasteiger charge is 2.10. The second-order valence-corrected chi connectivity index (χ2v) is 5.54. The molecule has 0 aliphatic rings. The van der Waals surface area contributed by atoms with Crippen molar-refractivity contribution in [1.82, 2.24) is 9.78 Å². The minimum Gasteiger partial charge on any atom is -0.271 e. The van der Waals surface area contributed by atoms with Gasteiger partial charge in [-0.1, -0.05) is 46.3 Å². The van der Waals surface area contributed by atoms with Crippen molar-refractivity contribution in [2.45, 2.75) is 12.5 Å². The molecule has 1 atom stereocenters. The summed E-state index contributed by atoms with van der Waals surface area (Å²) in [6, 6.07) is 10.5. The van der Waals surface area contributed by atoms with E-state index in [9.17, 15) is 0 Å². The van der Waals surface area contributed by atoms with Crippen LogP contribution in [0.3, 0.4) is 0 Å². The van der Waals surface area contributed by atoms with Gasteiger partial charge in [-0.3, -0.25) is 4.68 Å². The Morgan fingerprint density at radius 2 is 2.06 bits per heavy atom. The maximum Gasteiger partial charge on any atom is 0.0623 e. The first-order valence-electron chi connectivity index (χ1n) is 5.08. The van der Waals surface area contributed by atoms with Crippen LogP contribution in [-0.4, -0.2) is 15.1 Å². The minimum atomic E-state index is 0.469. The van der Waals surface area contributed by atoms with E-state index in [0.717, 1.165) is 11.9 Å². The number of rotatable bonds is 4. The molecule has 0 saturated carbocycles. The van der Waals surface area contributed by atoms with E-state index in [1.807, 2.05) is 16.9 Å². The van der Waals surface area contributed by atoms with Gasteiger partial charge in [0.1, 0.15) is 0 Å². The van der Waals surface area contributed by atoms with Gasteiger partial charge in [0.2, 0.25) is 0 Å². The van der Waals surface area contributed by atoms with E-state index in [2.05, 4.69) is 74.1 Å². The highest BCUT2D eigenvalue weighted by molar-refractivity contribution is 14.1. The SMILES string of the molecule is BrCC(Cn1cc(I)cn1)c1ccccc1. The van der Waals surface area contributed by atoms with Crippen LogP contribution in [0.5, 0.6) is 0 Å². The van der Waals surface area contributed by atoms with Crippen LogP contribution in [0.4, 0.5) is 0 Å². The summed E-state index contributed by atoms with van der Waals surface area (Å²) in [5.41, 5.74) is 1.35. The van der Waals surface area contributed by atoms with E-state index in [1.54, 1.807) is 0 Å². The number of nitrogens with zero attached hydrogens (tertiary/aromatic N) is 2. The van der Waals surface area contributed by atoms with Gasteiger partial charge in [-0.25, -0.2) is 0 Å². The lowest BCUT2D eigenvalue weighted by Crippen LogP contribution is -2.10. The van der Waals surface area contributed by atoms with Crippen molar-refractivity contribution in [2.75, 3.05) is 5.33 Å². The molecule has 0 bridgehead atoms. The Kier molecular flexibility index (Phi) is 4.40. The Morgan fingerprint density at radius 1 is 1.31 bits per heavy atom. The maximum atomic E-state index is 4.32. The first-order valence-corrected chi connectivity index (χ1v) is 7.28. The van der Waals surface area contributed by atoms with Gasteiger partial charge in [0.05, 0.1) is 9.77 Å². The summed E-state index contributed by atoms with van der Waals surface area (Å²) in [5, 5.41) is 5.27. The van der Waals surface area contributed by atoms with Crippen molar-refractivity contribution in [1.29, 1.82) is 0 Å². The fraction of sp³-hybridized carbons (Fsp3) is 0.250. The van der Waals surface area contributed by atoms with Crippen LogP contribution < -0.4 is 0 Å². The van der Waals surface area contributed by atoms with Crippen molar-refractivity contribution < 1.29 is 0 Å². The molecule has 0 N–H and O–H groups in total. The molecule has 0 aliphatic carbocycles. The van der Waals surface area contributed by atoms with E-state index in [1.165, 1.54) is 9.13 Å².